The molecule has 0 bridgehead atoms. The zero-order valence-corrected chi connectivity index (χ0v) is 13.1. The molecule has 3 nitrogen and oxygen atoms in total. The molecule has 0 aliphatic heterocycles. The third-order valence-corrected chi connectivity index (χ3v) is 3.83. The average Bonchev–Trinajstić information content (AvgIpc) is 2.61. The van der Waals surface area contributed by atoms with E-state index < -0.39 is 11.6 Å². The molecular weight excluding hydrogens is 312 g/mol. The minimum Gasteiger partial charge on any atom is -0.497 e. The third kappa shape index (κ3) is 2.63. The lowest BCUT2D eigenvalue weighted by atomic mass is 9.96. The zero-order valence-electron chi connectivity index (χ0n) is 13.1. The summed E-state index contributed by atoms with van der Waals surface area (Å²) < 4.78 is 38.2. The number of rotatable bonds is 3. The molecule has 0 aromatic heterocycles. The predicted molar refractivity (Wildman–Crippen MR) is 87.1 cm³/mol. The van der Waals surface area contributed by atoms with Crippen molar-refractivity contribution in [2.24, 2.45) is 0 Å². The molecule has 0 atom stereocenters. The molecule has 120 valence electrons. The monoisotopic (exact) mass is 325 g/mol. The highest BCUT2D eigenvalue weighted by atomic mass is 19.1. The molecule has 0 radical (unpaired) electrons. The molecule has 0 unspecified atom stereocenters. The smallest absolute Gasteiger partial charge is 0.165 e. The van der Waals surface area contributed by atoms with Gasteiger partial charge in [-0.25, -0.2) is 8.78 Å². The lowest BCUT2D eigenvalue weighted by Gasteiger charge is -2.10. The second-order valence-electron chi connectivity index (χ2n) is 5.19. The Morgan fingerprint density at radius 2 is 1.71 bits per heavy atom. The van der Waals surface area contributed by atoms with Crippen LogP contribution in [0.15, 0.2) is 42.5 Å². The van der Waals surface area contributed by atoms with E-state index in [2.05, 4.69) is 6.07 Å². The molecule has 0 fully saturated rings. The van der Waals surface area contributed by atoms with Crippen LogP contribution in [0.3, 0.4) is 0 Å². The van der Waals surface area contributed by atoms with E-state index in [-0.39, 0.29) is 11.3 Å². The van der Waals surface area contributed by atoms with Gasteiger partial charge in [-0.05, 0) is 41.3 Å². The average molecular weight is 325 g/mol. The van der Waals surface area contributed by atoms with Gasteiger partial charge in [0.1, 0.15) is 11.6 Å². The summed E-state index contributed by atoms with van der Waals surface area (Å²) in [5.41, 5.74) is 0.850. The molecule has 0 aliphatic carbocycles. The summed E-state index contributed by atoms with van der Waals surface area (Å²) in [4.78, 5) is 0. The van der Waals surface area contributed by atoms with Gasteiger partial charge in [-0.1, -0.05) is 6.07 Å². The van der Waals surface area contributed by atoms with Crippen LogP contribution in [0, 0.1) is 23.0 Å². The van der Waals surface area contributed by atoms with Crippen molar-refractivity contribution in [3.05, 3.63) is 59.7 Å². The van der Waals surface area contributed by atoms with Crippen LogP contribution in [0.4, 0.5) is 8.78 Å². The number of methoxy groups -OCH3 is 2. The number of ether oxygens (including phenoxy) is 2. The van der Waals surface area contributed by atoms with E-state index in [0.717, 1.165) is 17.5 Å². The lowest BCUT2D eigenvalue weighted by molar-refractivity contribution is 0.383. The summed E-state index contributed by atoms with van der Waals surface area (Å²) in [6.45, 7) is 0. The van der Waals surface area contributed by atoms with Crippen molar-refractivity contribution in [3.8, 4) is 28.7 Å². The van der Waals surface area contributed by atoms with Gasteiger partial charge < -0.3 is 9.47 Å². The Bertz CT molecular complexity index is 977. The fourth-order valence-corrected chi connectivity index (χ4v) is 2.62. The summed E-state index contributed by atoms with van der Waals surface area (Å²) in [6, 6.07) is 12.7. The Morgan fingerprint density at radius 3 is 2.38 bits per heavy atom. The van der Waals surface area contributed by atoms with Crippen molar-refractivity contribution in [3.63, 3.8) is 0 Å². The summed E-state index contributed by atoms with van der Waals surface area (Å²) >= 11 is 0. The van der Waals surface area contributed by atoms with E-state index in [1.165, 1.54) is 20.3 Å². The molecule has 0 saturated heterocycles. The van der Waals surface area contributed by atoms with Gasteiger partial charge in [-0.3, -0.25) is 0 Å². The van der Waals surface area contributed by atoms with Crippen LogP contribution in [-0.4, -0.2) is 14.2 Å². The molecular formula is C19H13F2NO2. The van der Waals surface area contributed by atoms with Crippen LogP contribution >= 0.6 is 0 Å². The molecule has 0 spiro atoms. The van der Waals surface area contributed by atoms with E-state index in [4.69, 9.17) is 9.47 Å². The van der Waals surface area contributed by atoms with E-state index in [1.807, 2.05) is 0 Å². The maximum absolute atomic E-state index is 14.3. The largest absolute Gasteiger partial charge is 0.497 e. The summed E-state index contributed by atoms with van der Waals surface area (Å²) in [5, 5.41) is 10.8. The van der Waals surface area contributed by atoms with Gasteiger partial charge in [-0.15, -0.1) is 0 Å². The van der Waals surface area contributed by atoms with Crippen LogP contribution in [0.5, 0.6) is 11.5 Å². The molecule has 24 heavy (non-hydrogen) atoms. The quantitative estimate of drug-likeness (QED) is 0.702. The Hall–Kier alpha value is -3.13. The first kappa shape index (κ1) is 15.8. The van der Waals surface area contributed by atoms with Crippen molar-refractivity contribution in [2.75, 3.05) is 14.2 Å². The number of halogens is 2. The number of fused-ring (bicyclic) bond motifs is 1. The summed E-state index contributed by atoms with van der Waals surface area (Å²) in [5.74, 6) is -0.831. The lowest BCUT2D eigenvalue weighted by Crippen LogP contribution is -1.94. The Labute approximate surface area is 137 Å². The Morgan fingerprint density at radius 1 is 0.917 bits per heavy atom. The minimum absolute atomic E-state index is 0.0718. The van der Waals surface area contributed by atoms with Crippen molar-refractivity contribution in [1.29, 1.82) is 5.26 Å². The molecule has 3 rings (SSSR count). The number of nitriles is 1. The first-order chi connectivity index (χ1) is 11.6. The van der Waals surface area contributed by atoms with Gasteiger partial charge in [0.2, 0.25) is 0 Å². The van der Waals surface area contributed by atoms with E-state index >= 15 is 0 Å². The van der Waals surface area contributed by atoms with Gasteiger partial charge >= 0.3 is 0 Å². The SMILES string of the molecule is COc1ccc2cc(-c3cc(F)c(OC)cc3F)cc(C#N)c2c1. The number of hydrogen-bond donors (Lipinski definition) is 0. The van der Waals surface area contributed by atoms with Crippen LogP contribution in [0.25, 0.3) is 21.9 Å². The molecule has 0 saturated carbocycles. The standard InChI is InChI=1S/C19H13F2NO2/c1-23-14-4-3-11-5-12(6-13(10-22)15(11)7-14)16-8-18(21)19(24-2)9-17(16)20/h3-9H,1-2H3. The molecule has 0 N–H and O–H groups in total. The molecule has 0 heterocycles. The van der Waals surface area contributed by atoms with Crippen molar-refractivity contribution in [2.45, 2.75) is 0 Å². The summed E-state index contributed by atoms with van der Waals surface area (Å²) in [6.07, 6.45) is 0. The zero-order chi connectivity index (χ0) is 17.3. The highest BCUT2D eigenvalue weighted by molar-refractivity contribution is 5.93. The fraction of sp³-hybridized carbons (Fsp3) is 0.105. The highest BCUT2D eigenvalue weighted by Crippen LogP contribution is 2.33. The molecule has 0 amide bonds. The topological polar surface area (TPSA) is 42.2 Å². The van der Waals surface area contributed by atoms with E-state index in [9.17, 15) is 14.0 Å². The number of hydrogen-bond acceptors (Lipinski definition) is 3. The van der Waals surface area contributed by atoms with Gasteiger partial charge in [0, 0.05) is 17.0 Å². The van der Waals surface area contributed by atoms with Crippen LogP contribution in [-0.2, 0) is 0 Å². The van der Waals surface area contributed by atoms with Crippen LogP contribution < -0.4 is 9.47 Å². The normalized spacial score (nSPS) is 10.5. The maximum atomic E-state index is 14.3. The fourth-order valence-electron chi connectivity index (χ4n) is 2.62. The third-order valence-electron chi connectivity index (χ3n) is 3.83. The number of benzene rings is 3. The van der Waals surface area contributed by atoms with Gasteiger partial charge in [0.15, 0.2) is 11.6 Å². The Balaban J connectivity index is 2.25. The van der Waals surface area contributed by atoms with Crippen molar-refractivity contribution < 1.29 is 18.3 Å². The van der Waals surface area contributed by atoms with E-state index in [1.54, 1.807) is 24.3 Å². The molecule has 0 aliphatic rings. The van der Waals surface area contributed by atoms with Crippen LogP contribution in [0.1, 0.15) is 5.56 Å². The van der Waals surface area contributed by atoms with Gasteiger partial charge in [0.05, 0.1) is 25.9 Å². The van der Waals surface area contributed by atoms with E-state index in [0.29, 0.717) is 22.3 Å². The molecule has 3 aromatic carbocycles. The second-order valence-corrected chi connectivity index (χ2v) is 5.19. The first-order valence-electron chi connectivity index (χ1n) is 7.12. The Kier molecular flexibility index (Phi) is 4.05. The van der Waals surface area contributed by atoms with Crippen molar-refractivity contribution >= 4 is 10.8 Å². The number of nitrogens with zero attached hydrogens (tertiary/aromatic N) is 1. The minimum atomic E-state index is -0.665. The van der Waals surface area contributed by atoms with Crippen LogP contribution in [0.2, 0.25) is 0 Å². The summed E-state index contributed by atoms with van der Waals surface area (Å²) in [7, 11) is 2.81. The van der Waals surface area contributed by atoms with Crippen molar-refractivity contribution in [1.82, 2.24) is 0 Å². The van der Waals surface area contributed by atoms with Gasteiger partial charge in [-0.2, -0.15) is 5.26 Å². The van der Waals surface area contributed by atoms with Gasteiger partial charge in [0.25, 0.3) is 0 Å². The predicted octanol–water partition coefficient (Wildman–Crippen LogP) is 4.67. The first-order valence-corrected chi connectivity index (χ1v) is 7.12. The molecule has 5 heteroatoms. The molecule has 3 aromatic rings. The second kappa shape index (κ2) is 6.17. The highest BCUT2D eigenvalue weighted by Gasteiger charge is 2.14. The maximum Gasteiger partial charge on any atom is 0.165 e.